The summed E-state index contributed by atoms with van der Waals surface area (Å²) in [6, 6.07) is 10.7. The van der Waals surface area contributed by atoms with Gasteiger partial charge in [-0.1, -0.05) is 23.7 Å². The van der Waals surface area contributed by atoms with Crippen molar-refractivity contribution in [3.8, 4) is 0 Å². The molecule has 1 amide bonds. The Morgan fingerprint density at radius 2 is 2.08 bits per heavy atom. The third-order valence-electron chi connectivity index (χ3n) is 4.04. The van der Waals surface area contributed by atoms with Crippen LogP contribution in [0.1, 0.15) is 16.8 Å². The van der Waals surface area contributed by atoms with E-state index < -0.39 is 0 Å². The van der Waals surface area contributed by atoms with Gasteiger partial charge in [0.15, 0.2) is 0 Å². The molecule has 0 saturated heterocycles. The summed E-state index contributed by atoms with van der Waals surface area (Å²) in [4.78, 5) is 28.7. The average molecular weight is 388 g/mol. The quantitative estimate of drug-likeness (QED) is 0.722. The van der Waals surface area contributed by atoms with Crippen LogP contribution in [0.25, 0.3) is 5.65 Å². The highest BCUT2D eigenvalue weighted by Crippen LogP contribution is 2.19. The first-order valence-corrected chi connectivity index (χ1v) is 9.59. The lowest BCUT2D eigenvalue weighted by Crippen LogP contribution is -2.16. The maximum absolute atomic E-state index is 12.2. The first-order valence-electron chi connectivity index (χ1n) is 8.06. The molecule has 5 nitrogen and oxygen atoms in total. The second-order valence-corrected chi connectivity index (χ2v) is 7.37. The summed E-state index contributed by atoms with van der Waals surface area (Å²) in [5.41, 5.74) is 4.02. The molecular weight excluding hydrogens is 370 g/mol. The number of rotatable bonds is 5. The van der Waals surface area contributed by atoms with E-state index in [1.807, 2.05) is 32.0 Å². The minimum atomic E-state index is -0.187. The second kappa shape index (κ2) is 7.93. The minimum absolute atomic E-state index is 0.0759. The largest absolute Gasteiger partial charge is 0.325 e. The molecule has 2 aromatic heterocycles. The molecule has 0 aliphatic carbocycles. The standard InChI is InChI=1S/C19H18ClN3O2S/c1-12-4-3-5-16(13(12)2)22-18(24)11-26-10-15-8-19(25)23-9-14(20)6-7-17(23)21-15/h3-9H,10-11H2,1-2H3,(H,22,24). The SMILES string of the molecule is Cc1cccc(NC(=O)CSCc2cc(=O)n3cc(Cl)ccc3n2)c1C. The zero-order valence-electron chi connectivity index (χ0n) is 14.5. The zero-order chi connectivity index (χ0) is 18.7. The molecule has 0 aliphatic heterocycles. The number of aromatic nitrogens is 2. The number of nitrogens with zero attached hydrogens (tertiary/aromatic N) is 2. The summed E-state index contributed by atoms with van der Waals surface area (Å²) >= 11 is 7.32. The normalized spacial score (nSPS) is 10.9. The summed E-state index contributed by atoms with van der Waals surface area (Å²) < 4.78 is 1.41. The summed E-state index contributed by atoms with van der Waals surface area (Å²) in [5.74, 6) is 0.692. The Labute approximate surface area is 160 Å². The number of fused-ring (bicyclic) bond motifs is 1. The molecule has 0 saturated carbocycles. The lowest BCUT2D eigenvalue weighted by atomic mass is 10.1. The molecule has 0 atom stereocenters. The molecule has 0 bridgehead atoms. The molecule has 7 heteroatoms. The third kappa shape index (κ3) is 4.26. The first-order chi connectivity index (χ1) is 12.4. The number of halogens is 1. The summed E-state index contributed by atoms with van der Waals surface area (Å²) in [6.45, 7) is 3.99. The third-order valence-corrected chi connectivity index (χ3v) is 5.23. The van der Waals surface area contributed by atoms with E-state index in [-0.39, 0.29) is 17.2 Å². The second-order valence-electron chi connectivity index (χ2n) is 5.95. The van der Waals surface area contributed by atoms with E-state index in [2.05, 4.69) is 10.3 Å². The Morgan fingerprint density at radius 1 is 1.27 bits per heavy atom. The van der Waals surface area contributed by atoms with Gasteiger partial charge in [-0.3, -0.25) is 14.0 Å². The van der Waals surface area contributed by atoms with Gasteiger partial charge in [-0.25, -0.2) is 4.98 Å². The van der Waals surface area contributed by atoms with Crippen molar-refractivity contribution in [2.45, 2.75) is 19.6 Å². The van der Waals surface area contributed by atoms with Crippen LogP contribution in [-0.4, -0.2) is 21.0 Å². The van der Waals surface area contributed by atoms with Crippen LogP contribution in [0.4, 0.5) is 5.69 Å². The molecule has 3 aromatic rings. The van der Waals surface area contributed by atoms with Gasteiger partial charge in [0.1, 0.15) is 5.65 Å². The highest BCUT2D eigenvalue weighted by atomic mass is 35.5. The topological polar surface area (TPSA) is 63.5 Å². The Balaban J connectivity index is 1.62. The van der Waals surface area contributed by atoms with Crippen LogP contribution < -0.4 is 10.9 Å². The predicted octanol–water partition coefficient (Wildman–Crippen LogP) is 3.84. The molecule has 1 N–H and O–H groups in total. The number of amides is 1. The number of carbonyl (C=O) groups is 1. The van der Waals surface area contributed by atoms with Crippen molar-refractivity contribution in [1.29, 1.82) is 0 Å². The number of benzene rings is 1. The van der Waals surface area contributed by atoms with Crippen molar-refractivity contribution in [2.24, 2.45) is 0 Å². The maximum Gasteiger partial charge on any atom is 0.258 e. The van der Waals surface area contributed by atoms with E-state index in [0.717, 1.165) is 16.8 Å². The zero-order valence-corrected chi connectivity index (χ0v) is 16.0. The monoisotopic (exact) mass is 387 g/mol. The molecule has 0 fully saturated rings. The molecular formula is C19H18ClN3O2S. The van der Waals surface area contributed by atoms with Crippen LogP contribution in [0.5, 0.6) is 0 Å². The lowest BCUT2D eigenvalue weighted by Gasteiger charge is -2.10. The Bertz CT molecular complexity index is 1030. The van der Waals surface area contributed by atoms with Crippen LogP contribution in [0.3, 0.4) is 0 Å². The molecule has 1 aromatic carbocycles. The van der Waals surface area contributed by atoms with Crippen LogP contribution in [-0.2, 0) is 10.5 Å². The van der Waals surface area contributed by atoms with Crippen molar-refractivity contribution in [2.75, 3.05) is 11.1 Å². The van der Waals surface area contributed by atoms with Crippen molar-refractivity contribution in [3.63, 3.8) is 0 Å². The molecule has 3 rings (SSSR count). The maximum atomic E-state index is 12.2. The van der Waals surface area contributed by atoms with E-state index in [4.69, 9.17) is 11.6 Å². The molecule has 0 aliphatic rings. The summed E-state index contributed by atoms with van der Waals surface area (Å²) in [7, 11) is 0. The Morgan fingerprint density at radius 3 is 2.88 bits per heavy atom. The molecule has 0 spiro atoms. The molecule has 0 unspecified atom stereocenters. The highest BCUT2D eigenvalue weighted by molar-refractivity contribution is 7.99. The number of anilines is 1. The van der Waals surface area contributed by atoms with E-state index in [1.54, 1.807) is 18.3 Å². The number of carbonyl (C=O) groups excluding carboxylic acids is 1. The van der Waals surface area contributed by atoms with Gasteiger partial charge < -0.3 is 5.32 Å². The lowest BCUT2D eigenvalue weighted by molar-refractivity contribution is -0.113. The Hall–Kier alpha value is -2.31. The number of nitrogens with one attached hydrogen (secondary N) is 1. The average Bonchev–Trinajstić information content (AvgIpc) is 2.60. The first kappa shape index (κ1) is 18.5. The van der Waals surface area contributed by atoms with Crippen LogP contribution >= 0.6 is 23.4 Å². The fourth-order valence-electron chi connectivity index (χ4n) is 2.52. The molecule has 2 heterocycles. The van der Waals surface area contributed by atoms with Gasteiger partial charge in [0.2, 0.25) is 5.91 Å². The van der Waals surface area contributed by atoms with E-state index in [9.17, 15) is 9.59 Å². The smallest absolute Gasteiger partial charge is 0.258 e. The number of pyridine rings is 1. The number of thioether (sulfide) groups is 1. The van der Waals surface area contributed by atoms with Gasteiger partial charge in [0.25, 0.3) is 5.56 Å². The fraction of sp³-hybridized carbons (Fsp3) is 0.211. The van der Waals surface area contributed by atoms with Crippen LogP contribution in [0.15, 0.2) is 47.4 Å². The van der Waals surface area contributed by atoms with Crippen molar-refractivity contribution in [3.05, 3.63) is 74.8 Å². The number of aryl methyl sites for hydroxylation is 1. The fourth-order valence-corrected chi connectivity index (χ4v) is 3.40. The van der Waals surface area contributed by atoms with E-state index in [0.29, 0.717) is 22.1 Å². The number of hydrogen-bond donors (Lipinski definition) is 1. The van der Waals surface area contributed by atoms with Crippen LogP contribution in [0, 0.1) is 13.8 Å². The van der Waals surface area contributed by atoms with Crippen molar-refractivity contribution >= 4 is 40.6 Å². The van der Waals surface area contributed by atoms with Crippen molar-refractivity contribution < 1.29 is 4.79 Å². The van der Waals surface area contributed by atoms with Gasteiger partial charge >= 0.3 is 0 Å². The van der Waals surface area contributed by atoms with Crippen molar-refractivity contribution in [1.82, 2.24) is 9.38 Å². The summed E-state index contributed by atoms with van der Waals surface area (Å²) in [6.07, 6.45) is 1.54. The van der Waals surface area contributed by atoms with Gasteiger partial charge in [-0.2, -0.15) is 0 Å². The van der Waals surface area contributed by atoms with Gasteiger partial charge in [0.05, 0.1) is 16.5 Å². The number of hydrogen-bond acceptors (Lipinski definition) is 4. The highest BCUT2D eigenvalue weighted by Gasteiger charge is 2.08. The molecule has 0 radical (unpaired) electrons. The molecule has 26 heavy (non-hydrogen) atoms. The minimum Gasteiger partial charge on any atom is -0.325 e. The summed E-state index contributed by atoms with van der Waals surface area (Å²) in [5, 5.41) is 3.40. The predicted molar refractivity (Wildman–Crippen MR) is 107 cm³/mol. The molecule has 134 valence electrons. The van der Waals surface area contributed by atoms with E-state index in [1.165, 1.54) is 22.2 Å². The Kier molecular flexibility index (Phi) is 5.64. The van der Waals surface area contributed by atoms with E-state index >= 15 is 0 Å². The van der Waals surface area contributed by atoms with Crippen LogP contribution in [0.2, 0.25) is 5.02 Å². The van der Waals surface area contributed by atoms with Gasteiger partial charge in [-0.05, 0) is 43.2 Å². The van der Waals surface area contributed by atoms with Gasteiger partial charge in [-0.15, -0.1) is 11.8 Å². The van der Waals surface area contributed by atoms with Gasteiger partial charge in [0, 0.05) is 23.7 Å².